The second-order valence-electron chi connectivity index (χ2n) is 6.61. The fraction of sp³-hybridized carbons (Fsp3) is 0.167. The molecule has 2 N–H and O–H groups in total. The molecule has 0 heterocycles. The first-order valence-corrected chi connectivity index (χ1v) is 10.2. The minimum Gasteiger partial charge on any atom is -0.497 e. The Morgan fingerprint density at radius 3 is 2.48 bits per heavy atom. The van der Waals surface area contributed by atoms with Gasteiger partial charge >= 0.3 is 5.97 Å². The van der Waals surface area contributed by atoms with Gasteiger partial charge in [-0.3, -0.25) is 9.59 Å². The lowest BCUT2D eigenvalue weighted by molar-refractivity contribution is -0.136. The third-order valence-electron chi connectivity index (χ3n) is 4.36. The van der Waals surface area contributed by atoms with Gasteiger partial charge in [0.1, 0.15) is 5.75 Å². The number of aldehydes is 1. The lowest BCUT2D eigenvalue weighted by Crippen LogP contribution is -2.07. The van der Waals surface area contributed by atoms with Crippen molar-refractivity contribution < 1.29 is 19.4 Å². The molecule has 0 unspecified atom stereocenters. The van der Waals surface area contributed by atoms with Crippen LogP contribution in [0.1, 0.15) is 21.5 Å². The van der Waals surface area contributed by atoms with E-state index < -0.39 is 5.97 Å². The average molecular weight is 460 g/mol. The van der Waals surface area contributed by atoms with E-state index in [4.69, 9.17) is 33.0 Å². The van der Waals surface area contributed by atoms with E-state index in [2.05, 4.69) is 5.32 Å². The van der Waals surface area contributed by atoms with Crippen LogP contribution in [0, 0.1) is 0 Å². The molecule has 31 heavy (non-hydrogen) atoms. The topological polar surface area (TPSA) is 75.6 Å². The van der Waals surface area contributed by atoms with E-state index in [9.17, 15) is 9.59 Å². The summed E-state index contributed by atoms with van der Waals surface area (Å²) in [5.41, 5.74) is 4.47. The monoisotopic (exact) mass is 459 g/mol. The van der Waals surface area contributed by atoms with Crippen LogP contribution in [0.2, 0.25) is 10.0 Å². The molecule has 0 fully saturated rings. The molecule has 162 valence electrons. The molecular formula is C24H23Cl2NO4. The lowest BCUT2D eigenvalue weighted by atomic mass is 9.97. The molecule has 0 spiro atoms. The summed E-state index contributed by atoms with van der Waals surface area (Å²) in [7, 11) is 3.54. The van der Waals surface area contributed by atoms with E-state index in [0.29, 0.717) is 21.9 Å². The van der Waals surface area contributed by atoms with E-state index in [1.165, 1.54) is 6.07 Å². The predicted octanol–water partition coefficient (Wildman–Crippen LogP) is 5.51. The zero-order chi connectivity index (χ0) is 22.8. The van der Waals surface area contributed by atoms with Crippen LogP contribution in [0.3, 0.4) is 0 Å². The Morgan fingerprint density at radius 1 is 1.10 bits per heavy atom. The number of halogens is 2. The lowest BCUT2D eigenvalue weighted by Gasteiger charge is -2.12. The van der Waals surface area contributed by atoms with Gasteiger partial charge in [0.2, 0.25) is 0 Å². The molecule has 3 aromatic rings. The number of rotatable bonds is 7. The summed E-state index contributed by atoms with van der Waals surface area (Å²) in [5.74, 6) is -0.0111. The molecule has 0 radical (unpaired) electrons. The number of carbonyl (C=O) groups is 2. The van der Waals surface area contributed by atoms with Gasteiger partial charge in [0.05, 0.1) is 18.6 Å². The Hall–Kier alpha value is -2.86. The number of carbonyl (C=O) groups excluding carboxylic acids is 1. The van der Waals surface area contributed by atoms with Crippen LogP contribution >= 0.6 is 23.2 Å². The minimum atomic E-state index is -0.822. The molecule has 0 bridgehead atoms. The third kappa shape index (κ3) is 7.40. The molecule has 0 aromatic heterocycles. The molecule has 5 nitrogen and oxygen atoms in total. The fourth-order valence-electron chi connectivity index (χ4n) is 2.94. The Morgan fingerprint density at radius 2 is 1.87 bits per heavy atom. The van der Waals surface area contributed by atoms with Gasteiger partial charge in [0, 0.05) is 17.1 Å². The van der Waals surface area contributed by atoms with Gasteiger partial charge in [-0.2, -0.15) is 0 Å². The largest absolute Gasteiger partial charge is 0.497 e. The van der Waals surface area contributed by atoms with Crippen LogP contribution < -0.4 is 10.1 Å². The minimum absolute atomic E-state index is 0.0331. The van der Waals surface area contributed by atoms with Crippen LogP contribution in [0.5, 0.6) is 5.75 Å². The molecule has 0 aliphatic rings. The molecule has 0 atom stereocenters. The standard InChI is InChI=1S/C17H19NO3.C7H4Cl2O/c1-18-11-14-10-15(21-2)6-7-16(14)13-5-3-4-12(8-13)9-17(19)20;8-6-2-1-5(4-10)7(9)3-6/h3-8,10,18H,9,11H2,1-2H3,(H,19,20);1-4H. The van der Waals surface area contributed by atoms with Crippen LogP contribution in [-0.2, 0) is 17.8 Å². The van der Waals surface area contributed by atoms with Gasteiger partial charge in [0.25, 0.3) is 0 Å². The number of aliphatic carboxylic acids is 1. The van der Waals surface area contributed by atoms with E-state index in [1.54, 1.807) is 19.2 Å². The quantitative estimate of drug-likeness (QED) is 0.455. The van der Waals surface area contributed by atoms with Gasteiger partial charge in [-0.25, -0.2) is 0 Å². The molecule has 3 aromatic carbocycles. The van der Waals surface area contributed by atoms with Crippen LogP contribution in [0.4, 0.5) is 0 Å². The van der Waals surface area contributed by atoms with E-state index in [0.717, 1.165) is 34.5 Å². The average Bonchev–Trinajstić information content (AvgIpc) is 2.74. The Kier molecular flexibility index (Phi) is 9.53. The normalized spacial score (nSPS) is 10.1. The van der Waals surface area contributed by atoms with Crippen molar-refractivity contribution in [1.82, 2.24) is 5.32 Å². The molecule has 0 aliphatic heterocycles. The van der Waals surface area contributed by atoms with Gasteiger partial charge in [-0.15, -0.1) is 0 Å². The number of benzene rings is 3. The zero-order valence-electron chi connectivity index (χ0n) is 17.2. The van der Waals surface area contributed by atoms with Gasteiger partial charge in [-0.05, 0) is 59.6 Å². The summed E-state index contributed by atoms with van der Waals surface area (Å²) in [4.78, 5) is 21.1. The summed E-state index contributed by atoms with van der Waals surface area (Å²) < 4.78 is 5.26. The first kappa shape index (κ1) is 24.4. The smallest absolute Gasteiger partial charge is 0.307 e. The first-order valence-electron chi connectivity index (χ1n) is 9.40. The van der Waals surface area contributed by atoms with E-state index in [1.807, 2.05) is 49.5 Å². The van der Waals surface area contributed by atoms with Crippen molar-refractivity contribution in [3.63, 3.8) is 0 Å². The molecular weight excluding hydrogens is 437 g/mol. The summed E-state index contributed by atoms with van der Waals surface area (Å²) in [6.45, 7) is 0.718. The highest BCUT2D eigenvalue weighted by molar-refractivity contribution is 6.36. The summed E-state index contributed by atoms with van der Waals surface area (Å²) in [5, 5.41) is 13.0. The third-order valence-corrected chi connectivity index (χ3v) is 4.92. The summed E-state index contributed by atoms with van der Waals surface area (Å²) >= 11 is 11.2. The van der Waals surface area contributed by atoms with Crippen LogP contribution in [-0.4, -0.2) is 31.5 Å². The van der Waals surface area contributed by atoms with Crippen molar-refractivity contribution in [2.24, 2.45) is 0 Å². The van der Waals surface area contributed by atoms with Crippen molar-refractivity contribution in [2.45, 2.75) is 13.0 Å². The molecule has 7 heteroatoms. The summed E-state index contributed by atoms with van der Waals surface area (Å²) in [6, 6.07) is 18.3. The highest BCUT2D eigenvalue weighted by Crippen LogP contribution is 2.28. The first-order chi connectivity index (χ1) is 14.9. The number of carboxylic acid groups (broad SMARTS) is 1. The summed E-state index contributed by atoms with van der Waals surface area (Å²) in [6.07, 6.45) is 0.726. The number of ether oxygens (including phenoxy) is 1. The molecule has 0 amide bonds. The van der Waals surface area contributed by atoms with Crippen molar-refractivity contribution in [2.75, 3.05) is 14.2 Å². The van der Waals surface area contributed by atoms with Crippen molar-refractivity contribution >= 4 is 35.5 Å². The Labute approximate surface area is 191 Å². The molecule has 0 saturated carbocycles. The Balaban J connectivity index is 0.000000285. The molecule has 3 rings (SSSR count). The van der Waals surface area contributed by atoms with Crippen LogP contribution in [0.25, 0.3) is 11.1 Å². The Bertz CT molecular complexity index is 1050. The number of hydrogen-bond donors (Lipinski definition) is 2. The highest BCUT2D eigenvalue weighted by Gasteiger charge is 2.08. The van der Waals surface area contributed by atoms with Crippen molar-refractivity contribution in [3.05, 3.63) is 87.4 Å². The molecule has 0 saturated heterocycles. The highest BCUT2D eigenvalue weighted by atomic mass is 35.5. The number of methoxy groups -OCH3 is 1. The van der Waals surface area contributed by atoms with Gasteiger partial charge in [-0.1, -0.05) is 53.5 Å². The number of hydrogen-bond acceptors (Lipinski definition) is 4. The SMILES string of the molecule is CNCc1cc(OC)ccc1-c1cccc(CC(=O)O)c1.O=Cc1ccc(Cl)cc1Cl. The maximum atomic E-state index is 10.8. The second-order valence-corrected chi connectivity index (χ2v) is 7.45. The maximum absolute atomic E-state index is 10.8. The second kappa shape index (κ2) is 12.1. The van der Waals surface area contributed by atoms with Gasteiger partial charge < -0.3 is 15.2 Å². The number of nitrogens with one attached hydrogen (secondary N) is 1. The fourth-order valence-corrected chi connectivity index (χ4v) is 3.39. The zero-order valence-corrected chi connectivity index (χ0v) is 18.7. The van der Waals surface area contributed by atoms with Crippen LogP contribution in [0.15, 0.2) is 60.7 Å². The predicted molar refractivity (Wildman–Crippen MR) is 124 cm³/mol. The molecule has 0 aliphatic carbocycles. The maximum Gasteiger partial charge on any atom is 0.307 e. The van der Waals surface area contributed by atoms with Crippen molar-refractivity contribution in [3.8, 4) is 16.9 Å². The van der Waals surface area contributed by atoms with E-state index >= 15 is 0 Å². The van der Waals surface area contributed by atoms with Crippen molar-refractivity contribution in [1.29, 1.82) is 0 Å². The number of carboxylic acids is 1. The van der Waals surface area contributed by atoms with Gasteiger partial charge in [0.15, 0.2) is 6.29 Å². The van der Waals surface area contributed by atoms with E-state index in [-0.39, 0.29) is 6.42 Å².